The Bertz CT molecular complexity index is 1490. The molecule has 0 aromatic carbocycles. The molecule has 4 rings (SSSR count). The molecule has 2 amide bonds. The molecular weight excluding hydrogens is 584 g/mol. The second-order valence-corrected chi connectivity index (χ2v) is 12.0. The van der Waals surface area contributed by atoms with E-state index in [1.165, 1.54) is 22.0 Å². The number of hydrogen-bond donors (Lipinski definition) is 3. The summed E-state index contributed by atoms with van der Waals surface area (Å²) in [5, 5.41) is 15.9. The molecule has 1 saturated heterocycles. The third kappa shape index (κ3) is 6.86. The lowest BCUT2D eigenvalue weighted by molar-refractivity contribution is -0.173. The van der Waals surface area contributed by atoms with Gasteiger partial charge in [0.2, 0.25) is 6.79 Å². The molecule has 0 radical (unpaired) electrons. The summed E-state index contributed by atoms with van der Waals surface area (Å²) in [6.07, 6.45) is 8.54. The molecule has 4 N–H and O–H groups in total. The number of aromatic nitrogens is 2. The summed E-state index contributed by atoms with van der Waals surface area (Å²) in [6, 6.07) is 4.46. The van der Waals surface area contributed by atoms with Crippen molar-refractivity contribution in [3.05, 3.63) is 70.7 Å². The number of β-lactam (4-membered cyclic amide) rings is 1. The molecule has 220 valence electrons. The van der Waals surface area contributed by atoms with Crippen molar-refractivity contribution in [1.29, 1.82) is 0 Å². The topological polar surface area (TPSA) is 186 Å². The van der Waals surface area contributed by atoms with E-state index in [2.05, 4.69) is 20.4 Å². The van der Waals surface area contributed by atoms with E-state index in [1.807, 2.05) is 12.1 Å². The van der Waals surface area contributed by atoms with Crippen molar-refractivity contribution in [3.8, 4) is 0 Å². The van der Waals surface area contributed by atoms with Crippen molar-refractivity contribution in [2.24, 2.45) is 10.6 Å². The van der Waals surface area contributed by atoms with Crippen LogP contribution < -0.4 is 11.1 Å². The van der Waals surface area contributed by atoms with E-state index in [9.17, 15) is 24.4 Å². The molecule has 0 spiro atoms. The van der Waals surface area contributed by atoms with Crippen molar-refractivity contribution in [3.63, 3.8) is 0 Å². The maximum Gasteiger partial charge on any atom is 0.358 e. The fourth-order valence-corrected chi connectivity index (χ4v) is 5.67. The van der Waals surface area contributed by atoms with Gasteiger partial charge in [-0.1, -0.05) is 29.5 Å². The predicted molar refractivity (Wildman–Crippen MR) is 156 cm³/mol. The highest BCUT2D eigenvalue weighted by Crippen LogP contribution is 2.41. The van der Waals surface area contributed by atoms with Gasteiger partial charge in [0, 0.05) is 17.3 Å². The maximum atomic E-state index is 13.3. The smallest absolute Gasteiger partial charge is 0.358 e. The number of nitrogens with two attached hydrogens (primary N) is 1. The average Bonchev–Trinajstić information content (AvgIpc) is 3.39. The van der Waals surface area contributed by atoms with Crippen LogP contribution in [0.3, 0.4) is 0 Å². The van der Waals surface area contributed by atoms with Crippen molar-refractivity contribution in [2.45, 2.75) is 32.2 Å². The molecule has 0 aliphatic carbocycles. The molecule has 4 heterocycles. The molecule has 2 aromatic rings. The number of nitrogens with zero attached hydrogens (tertiary/aromatic N) is 4. The first-order valence-corrected chi connectivity index (χ1v) is 14.5. The first kappa shape index (κ1) is 30.5. The molecule has 2 aliphatic rings. The lowest BCUT2D eigenvalue weighted by Gasteiger charge is -2.49. The number of thioether (sulfide) groups is 1. The molecule has 0 bridgehead atoms. The SMILES string of the molecule is CC(C)(C)C(=O)OCOC(=O)C1=C(/C=C/C=C/c2ccccn2)CS[C@@H]2[C@H](NC(=O)/C(=N\O)c3csc(N)n3)C(=O)N12. The quantitative estimate of drug-likeness (QED) is 0.0717. The second kappa shape index (κ2) is 13.0. The number of ether oxygens (including phenoxy) is 2. The van der Waals surface area contributed by atoms with Gasteiger partial charge in [0.15, 0.2) is 10.8 Å². The molecule has 1 fully saturated rings. The summed E-state index contributed by atoms with van der Waals surface area (Å²) in [4.78, 5) is 60.8. The number of nitrogens with one attached hydrogen (secondary N) is 1. The number of allylic oxidation sites excluding steroid dienone is 3. The normalized spacial score (nSPS) is 19.1. The van der Waals surface area contributed by atoms with Gasteiger partial charge in [-0.2, -0.15) is 0 Å². The maximum absolute atomic E-state index is 13.3. The average molecular weight is 613 g/mol. The summed E-state index contributed by atoms with van der Waals surface area (Å²) in [6.45, 7) is 4.34. The fourth-order valence-electron chi connectivity index (χ4n) is 3.80. The van der Waals surface area contributed by atoms with Gasteiger partial charge < -0.3 is 25.7 Å². The third-order valence-corrected chi connectivity index (χ3v) is 7.89. The number of carbonyl (C=O) groups excluding carboxylic acids is 4. The van der Waals surface area contributed by atoms with E-state index < -0.39 is 53.1 Å². The third-order valence-electron chi connectivity index (χ3n) is 5.91. The minimum atomic E-state index is -1.02. The lowest BCUT2D eigenvalue weighted by atomic mass is 9.98. The Morgan fingerprint density at radius 3 is 2.64 bits per heavy atom. The minimum Gasteiger partial charge on any atom is -0.427 e. The summed E-state index contributed by atoms with van der Waals surface area (Å²) < 4.78 is 10.3. The highest BCUT2D eigenvalue weighted by molar-refractivity contribution is 8.00. The minimum absolute atomic E-state index is 0.0353. The Balaban J connectivity index is 1.52. The number of oxime groups is 1. The molecule has 2 atom stereocenters. The number of thiazole rings is 1. The number of fused-ring (bicyclic) bond motifs is 1. The van der Waals surface area contributed by atoms with E-state index in [-0.39, 0.29) is 16.5 Å². The molecule has 13 nitrogen and oxygen atoms in total. The van der Waals surface area contributed by atoms with E-state index in [0.29, 0.717) is 11.3 Å². The molecule has 2 aliphatic heterocycles. The summed E-state index contributed by atoms with van der Waals surface area (Å²) in [5.41, 5.74) is 5.64. The van der Waals surface area contributed by atoms with Gasteiger partial charge in [0.1, 0.15) is 22.8 Å². The van der Waals surface area contributed by atoms with Crippen LogP contribution in [0.1, 0.15) is 32.2 Å². The number of esters is 2. The van der Waals surface area contributed by atoms with Crippen LogP contribution in [0.5, 0.6) is 0 Å². The fraction of sp³-hybridized carbons (Fsp3) is 0.296. The number of anilines is 1. The number of nitrogen functional groups attached to an aromatic ring is 1. The van der Waals surface area contributed by atoms with Gasteiger partial charge in [-0.3, -0.25) is 24.3 Å². The van der Waals surface area contributed by atoms with Gasteiger partial charge >= 0.3 is 11.9 Å². The van der Waals surface area contributed by atoms with Crippen LogP contribution in [0.25, 0.3) is 6.08 Å². The van der Waals surface area contributed by atoms with E-state index in [4.69, 9.17) is 15.2 Å². The molecule has 0 saturated carbocycles. The summed E-state index contributed by atoms with van der Waals surface area (Å²) >= 11 is 2.37. The molecule has 15 heteroatoms. The summed E-state index contributed by atoms with van der Waals surface area (Å²) in [5.74, 6) is -2.56. The van der Waals surface area contributed by atoms with Crippen LogP contribution in [0.15, 0.2) is 64.4 Å². The zero-order chi connectivity index (χ0) is 30.4. The van der Waals surface area contributed by atoms with Gasteiger partial charge in [-0.05, 0) is 44.6 Å². The van der Waals surface area contributed by atoms with E-state index in [1.54, 1.807) is 57.3 Å². The van der Waals surface area contributed by atoms with Gasteiger partial charge in [0.05, 0.1) is 11.1 Å². The Hall–Kier alpha value is -4.50. The van der Waals surface area contributed by atoms with Crippen molar-refractivity contribution >= 4 is 63.8 Å². The Morgan fingerprint density at radius 2 is 2.00 bits per heavy atom. The van der Waals surface area contributed by atoms with Crippen LogP contribution in [0, 0.1) is 5.41 Å². The zero-order valence-corrected chi connectivity index (χ0v) is 24.5. The van der Waals surface area contributed by atoms with Crippen molar-refractivity contribution in [2.75, 3.05) is 18.3 Å². The van der Waals surface area contributed by atoms with Crippen molar-refractivity contribution in [1.82, 2.24) is 20.2 Å². The van der Waals surface area contributed by atoms with Gasteiger partial charge in [-0.15, -0.1) is 23.1 Å². The van der Waals surface area contributed by atoms with Crippen LogP contribution in [-0.4, -0.2) is 73.5 Å². The molecule has 0 unspecified atom stereocenters. The molecule has 42 heavy (non-hydrogen) atoms. The van der Waals surface area contributed by atoms with Crippen molar-refractivity contribution < 1.29 is 33.9 Å². The lowest BCUT2D eigenvalue weighted by Crippen LogP contribution is -2.71. The van der Waals surface area contributed by atoms with Gasteiger partial charge in [-0.25, -0.2) is 9.78 Å². The predicted octanol–water partition coefficient (Wildman–Crippen LogP) is 2.31. The molecule has 2 aromatic heterocycles. The monoisotopic (exact) mass is 612 g/mol. The zero-order valence-electron chi connectivity index (χ0n) is 22.8. The number of rotatable bonds is 9. The van der Waals surface area contributed by atoms with Crippen LogP contribution >= 0.6 is 23.1 Å². The Kier molecular flexibility index (Phi) is 9.42. The second-order valence-electron chi connectivity index (χ2n) is 9.96. The number of carbonyl (C=O) groups is 4. The van der Waals surface area contributed by atoms with Crippen LogP contribution in [0.2, 0.25) is 0 Å². The molecular formula is C27H28N6O7S2. The highest BCUT2D eigenvalue weighted by Gasteiger charge is 2.54. The number of amides is 2. The van der Waals surface area contributed by atoms with E-state index in [0.717, 1.165) is 17.0 Å². The Labute approximate surface area is 249 Å². The first-order chi connectivity index (χ1) is 20.0. The number of pyridine rings is 1. The Morgan fingerprint density at radius 1 is 1.24 bits per heavy atom. The van der Waals surface area contributed by atoms with E-state index >= 15 is 0 Å². The highest BCUT2D eigenvalue weighted by atomic mass is 32.2. The van der Waals surface area contributed by atoms with Crippen LogP contribution in [0.4, 0.5) is 5.13 Å². The summed E-state index contributed by atoms with van der Waals surface area (Å²) in [7, 11) is 0. The standard InChI is InChI=1S/C27H28N6O7S2/c1-27(2,3)25(37)40-14-39-24(36)20-15(8-4-5-9-16-10-6-7-11-29-16)12-41-23-19(22(35)33(20)23)31-21(34)18(32-38)17-13-42-26(28)30-17/h4-11,13,19,23,38H,12,14H2,1-3H3,(H2,28,30)(H,31,34)/b8-4+,9-5+,32-18-/t19-,23-/m1/s1. The van der Waals surface area contributed by atoms with Crippen LogP contribution in [-0.2, 0) is 28.7 Å². The van der Waals surface area contributed by atoms with Gasteiger partial charge in [0.25, 0.3) is 11.8 Å². The largest absolute Gasteiger partial charge is 0.427 e. The first-order valence-electron chi connectivity index (χ1n) is 12.5. The number of hydrogen-bond acceptors (Lipinski definition) is 13.